The Morgan fingerprint density at radius 1 is 1.40 bits per heavy atom. The van der Waals surface area contributed by atoms with Crippen molar-refractivity contribution in [2.45, 2.75) is 30.8 Å². The van der Waals surface area contributed by atoms with Gasteiger partial charge in [0.15, 0.2) is 0 Å². The molecule has 1 aromatic rings. The van der Waals surface area contributed by atoms with Crippen LogP contribution in [0.5, 0.6) is 0 Å². The molecule has 5 nitrogen and oxygen atoms in total. The molecule has 10 heteroatoms. The summed E-state index contributed by atoms with van der Waals surface area (Å²) in [7, 11) is -4.11. The fourth-order valence-corrected chi connectivity index (χ4v) is 5.18. The van der Waals surface area contributed by atoms with E-state index in [1.807, 2.05) is 0 Å². The predicted octanol–water partition coefficient (Wildman–Crippen LogP) is 3.59. The third kappa shape index (κ3) is 4.53. The largest absolute Gasteiger partial charge is 0.462 e. The number of nitrogens with zero attached hydrogens (tertiary/aromatic N) is 1. The van der Waals surface area contributed by atoms with E-state index in [0.29, 0.717) is 0 Å². The molecule has 25 heavy (non-hydrogen) atoms. The number of carbonyl (C=O) groups is 1. The first-order valence-corrected chi connectivity index (χ1v) is 9.84. The summed E-state index contributed by atoms with van der Waals surface area (Å²) in [6.07, 6.45) is -4.38. The number of esters is 1. The highest BCUT2D eigenvalue weighted by Gasteiger charge is 2.44. The molecule has 1 fully saturated rings. The van der Waals surface area contributed by atoms with Gasteiger partial charge in [-0.3, -0.25) is 0 Å². The zero-order valence-corrected chi connectivity index (χ0v) is 15.7. The highest BCUT2D eigenvalue weighted by molar-refractivity contribution is 9.10. The molecular formula is C15H17BrF3NO4S. The lowest BCUT2D eigenvalue weighted by Crippen LogP contribution is -2.44. The minimum absolute atomic E-state index is 0.0288. The van der Waals surface area contributed by atoms with Gasteiger partial charge in [-0.1, -0.05) is 0 Å². The highest BCUT2D eigenvalue weighted by Crippen LogP contribution is 2.36. The van der Waals surface area contributed by atoms with Gasteiger partial charge in [-0.2, -0.15) is 17.5 Å². The van der Waals surface area contributed by atoms with Crippen molar-refractivity contribution in [3.05, 3.63) is 28.2 Å². The molecule has 0 N–H and O–H groups in total. The van der Waals surface area contributed by atoms with Crippen LogP contribution < -0.4 is 0 Å². The van der Waals surface area contributed by atoms with Gasteiger partial charge in [0.05, 0.1) is 23.0 Å². The first-order valence-electron chi connectivity index (χ1n) is 7.61. The van der Waals surface area contributed by atoms with Gasteiger partial charge in [-0.05, 0) is 53.9 Å². The zero-order valence-electron chi connectivity index (χ0n) is 13.3. The van der Waals surface area contributed by atoms with Crippen LogP contribution in [0, 0.1) is 5.92 Å². The van der Waals surface area contributed by atoms with E-state index in [1.165, 1.54) is 18.2 Å². The van der Waals surface area contributed by atoms with Gasteiger partial charge < -0.3 is 4.74 Å². The molecule has 1 saturated heterocycles. The first-order chi connectivity index (χ1) is 11.6. The summed E-state index contributed by atoms with van der Waals surface area (Å²) in [5.74, 6) is -2.28. The van der Waals surface area contributed by atoms with Crippen LogP contribution in [0.25, 0.3) is 0 Å². The molecule has 0 spiro atoms. The fraction of sp³-hybridized carbons (Fsp3) is 0.533. The number of rotatable bonds is 4. The second-order valence-corrected chi connectivity index (χ2v) is 8.37. The average molecular weight is 444 g/mol. The smallest absolute Gasteiger partial charge is 0.393 e. The summed E-state index contributed by atoms with van der Waals surface area (Å²) in [5, 5.41) is 0. The first kappa shape index (κ1) is 20.2. The van der Waals surface area contributed by atoms with E-state index < -0.39 is 34.6 Å². The number of halogens is 4. The van der Waals surface area contributed by atoms with Gasteiger partial charge in [0, 0.05) is 17.6 Å². The summed E-state index contributed by atoms with van der Waals surface area (Å²) in [6, 6.07) is 3.76. The summed E-state index contributed by atoms with van der Waals surface area (Å²) in [5.41, 5.74) is 0.152. The lowest BCUT2D eigenvalue weighted by molar-refractivity contribution is -0.182. The van der Waals surface area contributed by atoms with Gasteiger partial charge in [0.2, 0.25) is 10.0 Å². The normalized spacial score (nSPS) is 19.6. The molecule has 1 aliphatic heterocycles. The Morgan fingerprint density at radius 2 is 2.08 bits per heavy atom. The third-order valence-electron chi connectivity index (χ3n) is 3.91. The maximum absolute atomic E-state index is 12.9. The molecule has 0 radical (unpaired) electrons. The number of alkyl halides is 3. The van der Waals surface area contributed by atoms with E-state index in [0.717, 1.165) is 4.31 Å². The molecule has 0 bridgehead atoms. The molecule has 0 amide bonds. The van der Waals surface area contributed by atoms with E-state index in [9.17, 15) is 26.4 Å². The van der Waals surface area contributed by atoms with Crippen LogP contribution in [0.2, 0.25) is 0 Å². The SMILES string of the molecule is CCOC(=O)c1ccc(S(=O)(=O)N2CCC[C@@H](C(F)(F)F)C2)c(Br)c1. The minimum atomic E-state index is -4.43. The molecule has 0 unspecified atom stereocenters. The van der Waals surface area contributed by atoms with Gasteiger partial charge in [0.25, 0.3) is 0 Å². The molecule has 0 aromatic heterocycles. The van der Waals surface area contributed by atoms with Crippen LogP contribution >= 0.6 is 15.9 Å². The molecule has 2 rings (SSSR count). The van der Waals surface area contributed by atoms with E-state index in [-0.39, 0.29) is 40.9 Å². The van der Waals surface area contributed by atoms with Gasteiger partial charge >= 0.3 is 12.1 Å². The maximum Gasteiger partial charge on any atom is 0.393 e. The molecule has 1 heterocycles. The number of piperidine rings is 1. The van der Waals surface area contributed by atoms with Crippen LogP contribution in [-0.2, 0) is 14.8 Å². The second-order valence-electron chi connectivity index (χ2n) is 5.61. The van der Waals surface area contributed by atoms with Crippen molar-refractivity contribution >= 4 is 31.9 Å². The Balaban J connectivity index is 2.29. The van der Waals surface area contributed by atoms with E-state index in [2.05, 4.69) is 15.9 Å². The number of hydrogen-bond acceptors (Lipinski definition) is 4. The Bertz CT molecular complexity index is 752. The van der Waals surface area contributed by atoms with Crippen molar-refractivity contribution in [3.8, 4) is 0 Å². The van der Waals surface area contributed by atoms with E-state index in [1.54, 1.807) is 6.92 Å². The number of hydrogen-bond donors (Lipinski definition) is 0. The van der Waals surface area contributed by atoms with Crippen LogP contribution in [0.15, 0.2) is 27.6 Å². The Morgan fingerprint density at radius 3 is 2.64 bits per heavy atom. The van der Waals surface area contributed by atoms with Crippen molar-refractivity contribution in [1.29, 1.82) is 0 Å². The molecule has 140 valence electrons. The van der Waals surface area contributed by atoms with Gasteiger partial charge in [-0.25, -0.2) is 13.2 Å². The highest BCUT2D eigenvalue weighted by atomic mass is 79.9. The van der Waals surface area contributed by atoms with Crippen LogP contribution in [-0.4, -0.2) is 44.6 Å². The Kier molecular flexibility index (Phi) is 6.16. The summed E-state index contributed by atoms with van der Waals surface area (Å²) < 4.78 is 69.9. The summed E-state index contributed by atoms with van der Waals surface area (Å²) >= 11 is 3.09. The lowest BCUT2D eigenvalue weighted by atomic mass is 9.99. The standard InChI is InChI=1S/C15H17BrF3NO4S/c1-2-24-14(21)10-5-6-13(12(16)8-10)25(22,23)20-7-3-4-11(9-20)15(17,18)19/h5-6,8,11H,2-4,7,9H2,1H3/t11-/m1/s1. The molecule has 0 saturated carbocycles. The van der Waals surface area contributed by atoms with E-state index >= 15 is 0 Å². The van der Waals surface area contributed by atoms with Gasteiger partial charge in [-0.15, -0.1) is 0 Å². The van der Waals surface area contributed by atoms with Crippen molar-refractivity contribution in [3.63, 3.8) is 0 Å². The number of sulfonamides is 1. The topological polar surface area (TPSA) is 63.7 Å². The fourth-order valence-electron chi connectivity index (χ4n) is 2.62. The van der Waals surface area contributed by atoms with Crippen molar-refractivity contribution in [2.24, 2.45) is 5.92 Å². The van der Waals surface area contributed by atoms with E-state index in [4.69, 9.17) is 4.74 Å². The van der Waals surface area contributed by atoms with Crippen molar-refractivity contribution in [1.82, 2.24) is 4.31 Å². The van der Waals surface area contributed by atoms with Crippen LogP contribution in [0.3, 0.4) is 0 Å². The van der Waals surface area contributed by atoms with Crippen LogP contribution in [0.4, 0.5) is 13.2 Å². The Hall–Kier alpha value is -1.13. The number of carbonyl (C=O) groups excluding carboxylic acids is 1. The molecular weight excluding hydrogens is 427 g/mol. The lowest BCUT2D eigenvalue weighted by Gasteiger charge is -2.33. The van der Waals surface area contributed by atoms with Crippen LogP contribution in [0.1, 0.15) is 30.1 Å². The minimum Gasteiger partial charge on any atom is -0.462 e. The summed E-state index contributed by atoms with van der Waals surface area (Å²) in [4.78, 5) is 11.5. The quantitative estimate of drug-likeness (QED) is 0.667. The van der Waals surface area contributed by atoms with Gasteiger partial charge in [0.1, 0.15) is 0 Å². The number of benzene rings is 1. The molecule has 1 aliphatic rings. The van der Waals surface area contributed by atoms with Crippen molar-refractivity contribution in [2.75, 3.05) is 19.7 Å². The molecule has 0 aliphatic carbocycles. The maximum atomic E-state index is 12.9. The monoisotopic (exact) mass is 443 g/mol. The predicted molar refractivity (Wildman–Crippen MR) is 87.6 cm³/mol. The molecule has 1 atom stereocenters. The van der Waals surface area contributed by atoms with Crippen molar-refractivity contribution < 1.29 is 31.1 Å². The molecule has 1 aromatic carbocycles. The summed E-state index contributed by atoms with van der Waals surface area (Å²) in [6.45, 7) is 1.24. The Labute approximate surface area is 152 Å². The number of ether oxygens (including phenoxy) is 1. The zero-order chi connectivity index (χ0) is 18.8. The third-order valence-corrected chi connectivity index (χ3v) is 6.75. The average Bonchev–Trinajstić information content (AvgIpc) is 2.54. The second kappa shape index (κ2) is 7.63.